The zero-order valence-corrected chi connectivity index (χ0v) is 10.4. The Hall–Kier alpha value is -0.820. The minimum atomic E-state index is -3.91. The molecule has 0 aliphatic heterocycles. The number of nitrogens with one attached hydrogen (secondary N) is 2. The molecule has 1 amide bonds. The highest BCUT2D eigenvalue weighted by molar-refractivity contribution is 7.89. The fourth-order valence-corrected chi connectivity index (χ4v) is 2.53. The van der Waals surface area contributed by atoms with Crippen LogP contribution in [-0.2, 0) is 14.8 Å². The smallest absolute Gasteiger partial charge is 0.258 e. The number of halogens is 2. The van der Waals surface area contributed by atoms with Crippen LogP contribution in [-0.4, -0.2) is 14.3 Å². The molecule has 5 nitrogen and oxygen atoms in total. The van der Waals surface area contributed by atoms with Gasteiger partial charge < -0.3 is 0 Å². The SMILES string of the molecule is CC(=O)NNS(=O)(=O)c1cc(Cl)ccc1Cl. The molecule has 0 bridgehead atoms. The lowest BCUT2D eigenvalue weighted by atomic mass is 10.4. The quantitative estimate of drug-likeness (QED) is 0.821. The average Bonchev–Trinajstić information content (AvgIpc) is 2.19. The zero-order chi connectivity index (χ0) is 12.3. The van der Waals surface area contributed by atoms with Crippen molar-refractivity contribution in [2.75, 3.05) is 0 Å². The normalized spacial score (nSPS) is 11.2. The zero-order valence-electron chi connectivity index (χ0n) is 8.12. The van der Waals surface area contributed by atoms with Crippen molar-refractivity contribution in [3.8, 4) is 0 Å². The first-order valence-corrected chi connectivity index (χ1v) is 6.30. The lowest BCUT2D eigenvalue weighted by Crippen LogP contribution is -2.40. The molecule has 0 aliphatic carbocycles. The van der Waals surface area contributed by atoms with E-state index in [9.17, 15) is 13.2 Å². The van der Waals surface area contributed by atoms with E-state index < -0.39 is 15.9 Å². The summed E-state index contributed by atoms with van der Waals surface area (Å²) in [5.41, 5.74) is 1.95. The standard InChI is InChI=1S/C8H8Cl2N2O3S/c1-5(13)11-12-16(14,15)8-4-6(9)2-3-7(8)10/h2-4,12H,1H3,(H,11,13). The van der Waals surface area contributed by atoms with Gasteiger partial charge in [0.05, 0.1) is 5.02 Å². The molecule has 0 atom stereocenters. The lowest BCUT2D eigenvalue weighted by molar-refractivity contribution is -0.119. The van der Waals surface area contributed by atoms with Crippen LogP contribution in [0.1, 0.15) is 6.92 Å². The van der Waals surface area contributed by atoms with Crippen molar-refractivity contribution in [1.29, 1.82) is 0 Å². The van der Waals surface area contributed by atoms with E-state index in [0.717, 1.165) is 0 Å². The molecule has 0 saturated heterocycles. The second-order valence-electron chi connectivity index (χ2n) is 2.86. The molecule has 1 rings (SSSR count). The fourth-order valence-electron chi connectivity index (χ4n) is 0.877. The van der Waals surface area contributed by atoms with E-state index in [1.165, 1.54) is 25.1 Å². The number of hydrogen-bond donors (Lipinski definition) is 2. The highest BCUT2D eigenvalue weighted by Crippen LogP contribution is 2.24. The largest absolute Gasteiger partial charge is 0.278 e. The Morgan fingerprint density at radius 3 is 2.50 bits per heavy atom. The summed E-state index contributed by atoms with van der Waals surface area (Å²) in [7, 11) is -3.91. The molecule has 16 heavy (non-hydrogen) atoms. The summed E-state index contributed by atoms with van der Waals surface area (Å²) in [5, 5.41) is 0.245. The van der Waals surface area contributed by atoms with Gasteiger partial charge in [-0.1, -0.05) is 23.2 Å². The van der Waals surface area contributed by atoms with Gasteiger partial charge in [-0.05, 0) is 18.2 Å². The summed E-state index contributed by atoms with van der Waals surface area (Å²) < 4.78 is 23.3. The molecule has 88 valence electrons. The predicted molar refractivity (Wildman–Crippen MR) is 60.6 cm³/mol. The molecule has 0 saturated carbocycles. The minimum absolute atomic E-state index is 0.0160. The number of rotatable bonds is 3. The van der Waals surface area contributed by atoms with Crippen molar-refractivity contribution < 1.29 is 13.2 Å². The maximum absolute atomic E-state index is 11.6. The first-order valence-electron chi connectivity index (χ1n) is 4.06. The van der Waals surface area contributed by atoms with Crippen LogP contribution in [0.3, 0.4) is 0 Å². The third-order valence-electron chi connectivity index (χ3n) is 1.54. The van der Waals surface area contributed by atoms with Gasteiger partial charge in [0, 0.05) is 11.9 Å². The van der Waals surface area contributed by atoms with Gasteiger partial charge in [0.1, 0.15) is 4.90 Å². The number of hydrazine groups is 1. The number of hydrogen-bond acceptors (Lipinski definition) is 3. The molecule has 1 aromatic rings. The van der Waals surface area contributed by atoms with Crippen molar-refractivity contribution in [3.05, 3.63) is 28.2 Å². The van der Waals surface area contributed by atoms with E-state index in [2.05, 4.69) is 0 Å². The number of benzene rings is 1. The molecule has 0 unspecified atom stereocenters. The summed E-state index contributed by atoms with van der Waals surface area (Å²) in [5.74, 6) is -0.540. The van der Waals surface area contributed by atoms with Crippen LogP contribution in [0.25, 0.3) is 0 Å². The molecule has 0 radical (unpaired) electrons. The third-order valence-corrected chi connectivity index (χ3v) is 3.51. The van der Waals surface area contributed by atoms with E-state index in [1.54, 1.807) is 0 Å². The Bertz CT molecular complexity index is 516. The number of sulfonamides is 1. The predicted octanol–water partition coefficient (Wildman–Crippen LogP) is 1.32. The first-order chi connectivity index (χ1) is 7.33. The molecule has 8 heteroatoms. The third kappa shape index (κ3) is 3.34. The summed E-state index contributed by atoms with van der Waals surface area (Å²) in [6.07, 6.45) is 0. The van der Waals surface area contributed by atoms with E-state index >= 15 is 0 Å². The Labute approximate surface area is 103 Å². The van der Waals surface area contributed by atoms with Crippen LogP contribution in [0, 0.1) is 0 Å². The van der Waals surface area contributed by atoms with Gasteiger partial charge in [0.15, 0.2) is 0 Å². The van der Waals surface area contributed by atoms with Crippen LogP contribution >= 0.6 is 23.2 Å². The molecular weight excluding hydrogens is 275 g/mol. The lowest BCUT2D eigenvalue weighted by Gasteiger charge is -2.08. The van der Waals surface area contributed by atoms with Crippen LogP contribution in [0.15, 0.2) is 23.1 Å². The topological polar surface area (TPSA) is 75.3 Å². The summed E-state index contributed by atoms with van der Waals surface area (Å²) in [6, 6.07) is 4.00. The molecule has 0 aliphatic rings. The Balaban J connectivity index is 3.07. The Kier molecular flexibility index (Phi) is 4.15. The highest BCUT2D eigenvalue weighted by atomic mass is 35.5. The molecule has 2 N–H and O–H groups in total. The second kappa shape index (κ2) is 5.01. The van der Waals surface area contributed by atoms with Gasteiger partial charge >= 0.3 is 0 Å². The molecule has 1 aromatic carbocycles. The minimum Gasteiger partial charge on any atom is -0.278 e. The van der Waals surface area contributed by atoms with Crippen LogP contribution in [0.2, 0.25) is 10.0 Å². The fraction of sp³-hybridized carbons (Fsp3) is 0.125. The average molecular weight is 283 g/mol. The van der Waals surface area contributed by atoms with Gasteiger partial charge in [0.2, 0.25) is 5.91 Å². The van der Waals surface area contributed by atoms with Crippen LogP contribution < -0.4 is 10.3 Å². The van der Waals surface area contributed by atoms with Crippen molar-refractivity contribution in [2.24, 2.45) is 0 Å². The number of amides is 1. The van der Waals surface area contributed by atoms with Gasteiger partial charge in [-0.25, -0.2) is 8.42 Å². The Morgan fingerprint density at radius 2 is 1.94 bits per heavy atom. The highest BCUT2D eigenvalue weighted by Gasteiger charge is 2.18. The van der Waals surface area contributed by atoms with Gasteiger partial charge in [0.25, 0.3) is 10.0 Å². The maximum Gasteiger partial charge on any atom is 0.258 e. The van der Waals surface area contributed by atoms with Gasteiger partial charge in [-0.2, -0.15) is 0 Å². The summed E-state index contributed by atoms with van der Waals surface area (Å²) in [6.45, 7) is 1.17. The van der Waals surface area contributed by atoms with Crippen LogP contribution in [0.4, 0.5) is 0 Å². The van der Waals surface area contributed by atoms with Gasteiger partial charge in [-0.15, -0.1) is 4.83 Å². The van der Waals surface area contributed by atoms with Crippen molar-refractivity contribution in [1.82, 2.24) is 10.3 Å². The summed E-state index contributed by atoms with van der Waals surface area (Å²) in [4.78, 5) is 12.3. The maximum atomic E-state index is 11.6. The van der Waals surface area contributed by atoms with E-state index in [-0.39, 0.29) is 14.9 Å². The van der Waals surface area contributed by atoms with E-state index in [1.807, 2.05) is 10.3 Å². The van der Waals surface area contributed by atoms with Crippen LogP contribution in [0.5, 0.6) is 0 Å². The number of carbonyl (C=O) groups is 1. The van der Waals surface area contributed by atoms with Gasteiger partial charge in [-0.3, -0.25) is 10.2 Å². The molecule has 0 spiro atoms. The molecule has 0 aromatic heterocycles. The van der Waals surface area contributed by atoms with E-state index in [0.29, 0.717) is 0 Å². The van der Waals surface area contributed by atoms with Crippen molar-refractivity contribution in [3.63, 3.8) is 0 Å². The molecular formula is C8H8Cl2N2O3S. The second-order valence-corrected chi connectivity index (χ2v) is 5.36. The molecule has 0 fully saturated rings. The molecule has 0 heterocycles. The first kappa shape index (κ1) is 13.2. The monoisotopic (exact) mass is 282 g/mol. The van der Waals surface area contributed by atoms with Crippen molar-refractivity contribution in [2.45, 2.75) is 11.8 Å². The summed E-state index contributed by atoms with van der Waals surface area (Å²) >= 11 is 11.4. The van der Waals surface area contributed by atoms with Crippen molar-refractivity contribution >= 4 is 39.1 Å². The number of carbonyl (C=O) groups excluding carboxylic acids is 1. The van der Waals surface area contributed by atoms with E-state index in [4.69, 9.17) is 23.2 Å². The Morgan fingerprint density at radius 1 is 1.31 bits per heavy atom.